The van der Waals surface area contributed by atoms with Gasteiger partial charge in [-0.05, 0) is 12.3 Å². The minimum absolute atomic E-state index is 0.0763. The van der Waals surface area contributed by atoms with Gasteiger partial charge in [0.2, 0.25) is 0 Å². The van der Waals surface area contributed by atoms with Crippen LogP contribution in [0.2, 0.25) is 0 Å². The van der Waals surface area contributed by atoms with Crippen LogP contribution in [0.1, 0.15) is 6.42 Å². The smallest absolute Gasteiger partial charge is 0.309 e. The molecule has 2 nitrogen and oxygen atoms in total. The molecular formula is C9H12O2. The van der Waals surface area contributed by atoms with Crippen LogP contribution >= 0.6 is 0 Å². The van der Waals surface area contributed by atoms with Crippen molar-refractivity contribution in [3.63, 3.8) is 0 Å². The number of hydrogen-bond donors (Lipinski definition) is 0. The van der Waals surface area contributed by atoms with E-state index in [2.05, 4.69) is 13.2 Å². The first-order chi connectivity index (χ1) is 5.29. The summed E-state index contributed by atoms with van der Waals surface area (Å²) in [6.45, 7) is 7.38. The van der Waals surface area contributed by atoms with Gasteiger partial charge in [-0.2, -0.15) is 0 Å². The maximum absolute atomic E-state index is 11.0. The molecule has 0 saturated heterocycles. The van der Waals surface area contributed by atoms with Gasteiger partial charge < -0.3 is 4.74 Å². The number of carbonyl (C=O) groups excluding carboxylic acids is 1. The SMILES string of the molecule is C=CCOC(=O)[C@@H]1C[C@@H]1C=C. The lowest BCUT2D eigenvalue weighted by Crippen LogP contribution is -2.07. The van der Waals surface area contributed by atoms with Crippen LogP contribution in [0.5, 0.6) is 0 Å². The summed E-state index contributed by atoms with van der Waals surface area (Å²) in [4.78, 5) is 11.0. The first-order valence-electron chi connectivity index (χ1n) is 3.69. The molecule has 1 aliphatic carbocycles. The Bertz CT molecular complexity index is 184. The van der Waals surface area contributed by atoms with Gasteiger partial charge in [-0.25, -0.2) is 0 Å². The highest BCUT2D eigenvalue weighted by Gasteiger charge is 2.41. The van der Waals surface area contributed by atoms with E-state index in [0.29, 0.717) is 12.5 Å². The molecule has 0 radical (unpaired) electrons. The Morgan fingerprint density at radius 1 is 1.64 bits per heavy atom. The van der Waals surface area contributed by atoms with Crippen molar-refractivity contribution in [2.75, 3.05) is 6.61 Å². The molecule has 0 bridgehead atoms. The lowest BCUT2D eigenvalue weighted by Gasteiger charge is -1.98. The normalized spacial score (nSPS) is 27.3. The molecule has 1 saturated carbocycles. The van der Waals surface area contributed by atoms with E-state index < -0.39 is 0 Å². The number of carbonyl (C=O) groups is 1. The van der Waals surface area contributed by atoms with Crippen molar-refractivity contribution in [2.45, 2.75) is 6.42 Å². The molecular weight excluding hydrogens is 140 g/mol. The summed E-state index contributed by atoms with van der Waals surface area (Å²) in [5, 5.41) is 0. The fourth-order valence-corrected chi connectivity index (χ4v) is 0.994. The van der Waals surface area contributed by atoms with E-state index >= 15 is 0 Å². The Morgan fingerprint density at radius 3 is 2.82 bits per heavy atom. The highest BCUT2D eigenvalue weighted by atomic mass is 16.5. The van der Waals surface area contributed by atoms with Crippen molar-refractivity contribution in [1.29, 1.82) is 0 Å². The van der Waals surface area contributed by atoms with Crippen molar-refractivity contribution in [3.8, 4) is 0 Å². The third-order valence-corrected chi connectivity index (χ3v) is 1.79. The Morgan fingerprint density at radius 2 is 2.36 bits per heavy atom. The lowest BCUT2D eigenvalue weighted by molar-refractivity contribution is -0.144. The average Bonchev–Trinajstić information content (AvgIpc) is 2.78. The Kier molecular flexibility index (Phi) is 2.47. The summed E-state index contributed by atoms with van der Waals surface area (Å²) in [5.74, 6) is 0.314. The molecule has 2 heteroatoms. The predicted octanol–water partition coefficient (Wildman–Crippen LogP) is 1.54. The summed E-state index contributed by atoms with van der Waals surface area (Å²) < 4.78 is 4.84. The zero-order chi connectivity index (χ0) is 8.27. The molecule has 0 aromatic heterocycles. The second kappa shape index (κ2) is 3.37. The molecule has 0 aliphatic heterocycles. The standard InChI is InChI=1S/C9H12O2/c1-3-5-11-9(10)8-6-7(8)4-2/h3-4,7-8H,1-2,5-6H2/t7-,8+/m0/s1. The summed E-state index contributed by atoms with van der Waals surface area (Å²) >= 11 is 0. The quantitative estimate of drug-likeness (QED) is 0.451. The number of ether oxygens (including phenoxy) is 1. The largest absolute Gasteiger partial charge is 0.461 e. The van der Waals surface area contributed by atoms with E-state index in [1.807, 2.05) is 0 Å². The van der Waals surface area contributed by atoms with Crippen molar-refractivity contribution in [3.05, 3.63) is 25.3 Å². The Balaban J connectivity index is 2.22. The van der Waals surface area contributed by atoms with Crippen LogP contribution in [0, 0.1) is 11.8 Å². The molecule has 11 heavy (non-hydrogen) atoms. The average molecular weight is 152 g/mol. The molecule has 0 heterocycles. The lowest BCUT2D eigenvalue weighted by atomic mass is 10.3. The van der Waals surface area contributed by atoms with Gasteiger partial charge in [0.1, 0.15) is 6.61 Å². The summed E-state index contributed by atoms with van der Waals surface area (Å²) in [5.41, 5.74) is 0. The fourth-order valence-electron chi connectivity index (χ4n) is 0.994. The van der Waals surface area contributed by atoms with Gasteiger partial charge in [-0.15, -0.1) is 6.58 Å². The van der Waals surface area contributed by atoms with Gasteiger partial charge in [0.05, 0.1) is 5.92 Å². The van der Waals surface area contributed by atoms with Crippen LogP contribution in [0.4, 0.5) is 0 Å². The Hall–Kier alpha value is -1.05. The van der Waals surface area contributed by atoms with Crippen LogP contribution in [0.3, 0.4) is 0 Å². The molecule has 0 spiro atoms. The van der Waals surface area contributed by atoms with Gasteiger partial charge in [0.25, 0.3) is 0 Å². The van der Waals surface area contributed by atoms with E-state index in [9.17, 15) is 4.79 Å². The fraction of sp³-hybridized carbons (Fsp3) is 0.444. The molecule has 2 atom stereocenters. The molecule has 1 rings (SSSR count). The molecule has 0 unspecified atom stereocenters. The van der Waals surface area contributed by atoms with Crippen LogP contribution in [0.15, 0.2) is 25.3 Å². The van der Waals surface area contributed by atoms with E-state index in [1.165, 1.54) is 0 Å². The second-order valence-corrected chi connectivity index (χ2v) is 2.66. The Labute approximate surface area is 66.5 Å². The van der Waals surface area contributed by atoms with Gasteiger partial charge in [-0.1, -0.05) is 18.7 Å². The minimum Gasteiger partial charge on any atom is -0.461 e. The van der Waals surface area contributed by atoms with Crippen LogP contribution < -0.4 is 0 Å². The molecule has 1 fully saturated rings. The summed E-state index contributed by atoms with van der Waals surface area (Å²) in [6, 6.07) is 0. The van der Waals surface area contributed by atoms with Crippen LogP contribution in [-0.2, 0) is 9.53 Å². The number of esters is 1. The molecule has 0 N–H and O–H groups in total. The summed E-state index contributed by atoms with van der Waals surface area (Å²) in [6.07, 6.45) is 4.28. The third-order valence-electron chi connectivity index (χ3n) is 1.79. The highest BCUT2D eigenvalue weighted by molar-refractivity contribution is 5.76. The monoisotopic (exact) mass is 152 g/mol. The van der Waals surface area contributed by atoms with E-state index in [4.69, 9.17) is 4.74 Å². The van der Waals surface area contributed by atoms with Crippen molar-refractivity contribution in [1.82, 2.24) is 0 Å². The number of hydrogen-bond acceptors (Lipinski definition) is 2. The zero-order valence-corrected chi connectivity index (χ0v) is 6.45. The molecule has 1 aliphatic rings. The summed E-state index contributed by atoms with van der Waals surface area (Å²) in [7, 11) is 0. The van der Waals surface area contributed by atoms with Crippen molar-refractivity contribution < 1.29 is 9.53 Å². The van der Waals surface area contributed by atoms with Crippen molar-refractivity contribution >= 4 is 5.97 Å². The molecule has 0 aromatic rings. The maximum atomic E-state index is 11.0. The second-order valence-electron chi connectivity index (χ2n) is 2.66. The van der Waals surface area contributed by atoms with E-state index in [0.717, 1.165) is 6.42 Å². The zero-order valence-electron chi connectivity index (χ0n) is 6.45. The van der Waals surface area contributed by atoms with Gasteiger partial charge in [0.15, 0.2) is 0 Å². The number of rotatable bonds is 4. The first-order valence-corrected chi connectivity index (χ1v) is 3.69. The van der Waals surface area contributed by atoms with E-state index in [-0.39, 0.29) is 11.9 Å². The maximum Gasteiger partial charge on any atom is 0.309 e. The molecule has 60 valence electrons. The third kappa shape index (κ3) is 1.93. The first kappa shape index (κ1) is 8.05. The molecule has 0 aromatic carbocycles. The minimum atomic E-state index is -0.116. The van der Waals surface area contributed by atoms with Crippen LogP contribution in [-0.4, -0.2) is 12.6 Å². The predicted molar refractivity (Wildman–Crippen MR) is 43.0 cm³/mol. The number of allylic oxidation sites excluding steroid dienone is 1. The highest BCUT2D eigenvalue weighted by Crippen LogP contribution is 2.39. The van der Waals surface area contributed by atoms with Gasteiger partial charge in [0, 0.05) is 0 Å². The van der Waals surface area contributed by atoms with Gasteiger partial charge in [-0.3, -0.25) is 4.79 Å². The van der Waals surface area contributed by atoms with Gasteiger partial charge >= 0.3 is 5.97 Å². The van der Waals surface area contributed by atoms with E-state index in [1.54, 1.807) is 12.2 Å². The topological polar surface area (TPSA) is 26.3 Å². The van der Waals surface area contributed by atoms with Crippen LogP contribution in [0.25, 0.3) is 0 Å². The molecule has 0 amide bonds. The van der Waals surface area contributed by atoms with Crippen molar-refractivity contribution in [2.24, 2.45) is 11.8 Å².